The number of hydroxylamine groups is 1. The van der Waals surface area contributed by atoms with Crippen molar-refractivity contribution in [3.05, 3.63) is 82.2 Å². The minimum atomic E-state index is -0.573. The molecule has 0 radical (unpaired) electrons. The highest BCUT2D eigenvalue weighted by molar-refractivity contribution is 6.12. The first-order valence-electron chi connectivity index (χ1n) is 9.04. The number of rotatable bonds is 1. The summed E-state index contributed by atoms with van der Waals surface area (Å²) in [6.07, 6.45) is 1.82. The van der Waals surface area contributed by atoms with Crippen LogP contribution in [0, 0.1) is 12.1 Å². The van der Waals surface area contributed by atoms with Crippen molar-refractivity contribution in [2.45, 2.75) is 45.6 Å². The van der Waals surface area contributed by atoms with E-state index in [1.54, 1.807) is 0 Å². The second kappa shape index (κ2) is 5.41. The smallest absolute Gasteiger partial charge is 0.227 e. The Morgan fingerprint density at radius 2 is 1.69 bits per heavy atom. The highest BCUT2D eigenvalue weighted by atomic mass is 16.5. The molecule has 2 heterocycles. The molecule has 0 N–H and O–H groups in total. The van der Waals surface area contributed by atoms with E-state index < -0.39 is 5.54 Å². The van der Waals surface area contributed by atoms with E-state index in [0.29, 0.717) is 5.71 Å². The zero-order valence-electron chi connectivity index (χ0n) is 16.0. The number of aromatic nitrogens is 1. The lowest BCUT2D eigenvalue weighted by Crippen LogP contribution is -2.55. The predicted octanol–water partition coefficient (Wildman–Crippen LogP) is 4.96. The van der Waals surface area contributed by atoms with Crippen molar-refractivity contribution in [1.29, 1.82) is 0 Å². The Morgan fingerprint density at radius 3 is 2.46 bits per heavy atom. The molecule has 0 saturated heterocycles. The minimum absolute atomic E-state index is 0.272. The summed E-state index contributed by atoms with van der Waals surface area (Å²) in [5.41, 5.74) is 5.06. The van der Waals surface area contributed by atoms with Gasteiger partial charge in [0.25, 0.3) is 0 Å². The van der Waals surface area contributed by atoms with Crippen LogP contribution in [0.5, 0.6) is 0 Å². The third kappa shape index (κ3) is 2.20. The van der Waals surface area contributed by atoms with Crippen LogP contribution in [0.4, 0.5) is 0 Å². The first-order valence-corrected chi connectivity index (χ1v) is 9.04. The second-order valence-electron chi connectivity index (χ2n) is 8.29. The molecular formula is C23H24N2O. The van der Waals surface area contributed by atoms with Crippen LogP contribution in [0.3, 0.4) is 0 Å². The van der Waals surface area contributed by atoms with Crippen LogP contribution in [0.2, 0.25) is 0 Å². The third-order valence-electron chi connectivity index (χ3n) is 6.21. The van der Waals surface area contributed by atoms with Gasteiger partial charge in [0, 0.05) is 25.4 Å². The number of para-hydroxylation sites is 1. The van der Waals surface area contributed by atoms with Gasteiger partial charge in [0.15, 0.2) is 5.54 Å². The van der Waals surface area contributed by atoms with Crippen molar-refractivity contribution >= 4 is 16.6 Å². The van der Waals surface area contributed by atoms with Gasteiger partial charge in [-0.25, -0.2) is 0 Å². The van der Waals surface area contributed by atoms with Crippen LogP contribution < -0.4 is 0 Å². The first kappa shape index (κ1) is 16.8. The summed E-state index contributed by atoms with van der Waals surface area (Å²) in [5.74, 6) is 0. The molecular weight excluding hydrogens is 320 g/mol. The number of hydrogen-bond acceptors (Lipinski definition) is 2. The Bertz CT molecular complexity index is 1060. The lowest BCUT2D eigenvalue weighted by atomic mass is 9.65. The maximum atomic E-state index is 13.5. The highest BCUT2D eigenvalue weighted by Gasteiger charge is 2.52. The number of fused-ring (bicyclic) bond motifs is 2. The van der Waals surface area contributed by atoms with E-state index in [2.05, 4.69) is 50.0 Å². The fourth-order valence-corrected chi connectivity index (χ4v) is 3.84. The van der Waals surface area contributed by atoms with E-state index in [9.17, 15) is 5.21 Å². The van der Waals surface area contributed by atoms with Crippen LogP contribution in [-0.2, 0) is 5.41 Å². The normalized spacial score (nSPS) is 18.0. The first-order chi connectivity index (χ1) is 12.2. The molecule has 0 spiro atoms. The van der Waals surface area contributed by atoms with Crippen LogP contribution in [0.1, 0.15) is 49.9 Å². The zero-order valence-corrected chi connectivity index (χ0v) is 16.0. The molecule has 132 valence electrons. The minimum Gasteiger partial charge on any atom is -0.623 e. The van der Waals surface area contributed by atoms with Gasteiger partial charge in [-0.1, -0.05) is 35.9 Å². The van der Waals surface area contributed by atoms with Crippen molar-refractivity contribution < 1.29 is 4.74 Å². The molecule has 0 unspecified atom stereocenters. The second-order valence-corrected chi connectivity index (χ2v) is 8.29. The maximum Gasteiger partial charge on any atom is 0.227 e. The van der Waals surface area contributed by atoms with Gasteiger partial charge in [-0.05, 0) is 44.5 Å². The summed E-state index contributed by atoms with van der Waals surface area (Å²) in [4.78, 5) is 4.58. The van der Waals surface area contributed by atoms with Gasteiger partial charge >= 0.3 is 0 Å². The van der Waals surface area contributed by atoms with Crippen LogP contribution >= 0.6 is 0 Å². The van der Waals surface area contributed by atoms with Crippen molar-refractivity contribution in [3.63, 3.8) is 0 Å². The number of aryl methyl sites for hydroxylation is 1. The summed E-state index contributed by atoms with van der Waals surface area (Å²) >= 11 is 0. The molecule has 26 heavy (non-hydrogen) atoms. The van der Waals surface area contributed by atoms with Crippen molar-refractivity contribution in [2.75, 3.05) is 0 Å². The molecule has 4 rings (SSSR count). The number of pyridine rings is 1. The predicted molar refractivity (Wildman–Crippen MR) is 107 cm³/mol. The van der Waals surface area contributed by atoms with Gasteiger partial charge in [0.05, 0.1) is 22.1 Å². The summed E-state index contributed by atoms with van der Waals surface area (Å²) < 4.78 is 1.19. The van der Waals surface area contributed by atoms with E-state index in [1.807, 2.05) is 44.3 Å². The lowest BCUT2D eigenvalue weighted by molar-refractivity contribution is -0.555. The molecule has 0 fully saturated rings. The third-order valence-corrected chi connectivity index (χ3v) is 6.21. The molecule has 0 amide bonds. The highest BCUT2D eigenvalue weighted by Crippen LogP contribution is 2.43. The van der Waals surface area contributed by atoms with E-state index in [0.717, 1.165) is 27.6 Å². The molecule has 0 aliphatic carbocycles. The monoisotopic (exact) mass is 344 g/mol. The largest absolute Gasteiger partial charge is 0.623 e. The van der Waals surface area contributed by atoms with E-state index in [1.165, 1.54) is 10.3 Å². The fraction of sp³-hybridized carbons (Fsp3) is 0.304. The fourth-order valence-electron chi connectivity index (χ4n) is 3.84. The topological polar surface area (TPSA) is 39.0 Å². The van der Waals surface area contributed by atoms with Gasteiger partial charge < -0.3 is 5.21 Å². The zero-order chi connectivity index (χ0) is 18.7. The lowest BCUT2D eigenvalue weighted by Gasteiger charge is -2.44. The molecule has 3 nitrogen and oxygen atoms in total. The van der Waals surface area contributed by atoms with Gasteiger partial charge in [-0.15, -0.1) is 0 Å². The van der Waals surface area contributed by atoms with Crippen LogP contribution in [-0.4, -0.2) is 21.0 Å². The Labute approximate surface area is 154 Å². The van der Waals surface area contributed by atoms with Gasteiger partial charge in [0.2, 0.25) is 5.71 Å². The van der Waals surface area contributed by atoms with Crippen LogP contribution in [0.25, 0.3) is 10.9 Å². The SMILES string of the molecule is Cc1ccc2c(c1)C(c1cnc3ccccc3c1)=[N+]([O-])C(C)(C)C2(C)C. The van der Waals surface area contributed by atoms with Crippen molar-refractivity contribution in [3.8, 4) is 0 Å². The van der Waals surface area contributed by atoms with Crippen molar-refractivity contribution in [1.82, 2.24) is 4.98 Å². The van der Waals surface area contributed by atoms with Crippen LogP contribution in [0.15, 0.2) is 54.7 Å². The quantitative estimate of drug-likeness (QED) is 0.462. The Morgan fingerprint density at radius 1 is 0.962 bits per heavy atom. The number of hydrogen-bond donors (Lipinski definition) is 0. The van der Waals surface area contributed by atoms with Gasteiger partial charge in [0.1, 0.15) is 0 Å². The van der Waals surface area contributed by atoms with E-state index >= 15 is 0 Å². The molecule has 3 heteroatoms. The Hall–Kier alpha value is -2.68. The molecule has 1 aromatic heterocycles. The van der Waals surface area contributed by atoms with Gasteiger partial charge in [-0.3, -0.25) is 4.98 Å². The number of benzene rings is 2. The maximum absolute atomic E-state index is 13.5. The molecule has 0 saturated carbocycles. The summed E-state index contributed by atoms with van der Waals surface area (Å²) in [6, 6.07) is 16.5. The summed E-state index contributed by atoms with van der Waals surface area (Å²) in [7, 11) is 0. The molecule has 0 bridgehead atoms. The molecule has 0 atom stereocenters. The average Bonchev–Trinajstić information content (AvgIpc) is 2.60. The summed E-state index contributed by atoms with van der Waals surface area (Å²) in [5, 5.41) is 14.6. The Kier molecular flexibility index (Phi) is 3.49. The molecule has 2 aromatic carbocycles. The number of nitrogens with zero attached hydrogens (tertiary/aromatic N) is 2. The average molecular weight is 344 g/mol. The Balaban J connectivity index is 2.06. The van der Waals surface area contributed by atoms with Gasteiger partial charge in [-0.2, -0.15) is 4.74 Å². The standard InChI is InChI=1S/C23H24N2O/c1-15-10-11-19-18(12-15)21(25(26)23(4,5)22(19,2)3)17-13-16-8-6-7-9-20(16)24-14-17/h6-14H,1-5H3. The van der Waals surface area contributed by atoms with E-state index in [4.69, 9.17) is 0 Å². The molecule has 1 aliphatic heterocycles. The molecule has 3 aromatic rings. The van der Waals surface area contributed by atoms with Crippen molar-refractivity contribution in [2.24, 2.45) is 0 Å². The molecule has 1 aliphatic rings. The van der Waals surface area contributed by atoms with E-state index in [-0.39, 0.29) is 5.41 Å². The summed E-state index contributed by atoms with van der Waals surface area (Å²) in [6.45, 7) is 10.4.